The van der Waals surface area contributed by atoms with E-state index in [1.807, 2.05) is 6.92 Å². The Labute approximate surface area is 125 Å². The van der Waals surface area contributed by atoms with Gasteiger partial charge in [0.25, 0.3) is 5.91 Å². The first-order valence-corrected chi connectivity index (χ1v) is 7.15. The predicted octanol–water partition coefficient (Wildman–Crippen LogP) is 2.05. The lowest BCUT2D eigenvalue weighted by Crippen LogP contribution is -2.10. The van der Waals surface area contributed by atoms with Gasteiger partial charge in [0, 0.05) is 18.1 Å². The van der Waals surface area contributed by atoms with E-state index in [1.54, 1.807) is 12.1 Å². The van der Waals surface area contributed by atoms with Gasteiger partial charge in [-0.05, 0) is 26.0 Å². The monoisotopic (exact) mass is 309 g/mol. The molecule has 0 unspecified atom stereocenters. The highest BCUT2D eigenvalue weighted by molar-refractivity contribution is 7.09. The number of nitrogens with one attached hydrogen (secondary N) is 1. The van der Waals surface area contributed by atoms with Crippen LogP contribution in [-0.4, -0.2) is 27.7 Å². The summed E-state index contributed by atoms with van der Waals surface area (Å²) in [4.78, 5) is 27.0. The van der Waals surface area contributed by atoms with E-state index < -0.39 is 5.91 Å². The van der Waals surface area contributed by atoms with Gasteiger partial charge in [0.15, 0.2) is 11.6 Å². The third-order valence-corrected chi connectivity index (χ3v) is 3.10. The van der Waals surface area contributed by atoms with Crippen LogP contribution in [0.4, 0.5) is 5.13 Å². The van der Waals surface area contributed by atoms with E-state index in [4.69, 9.17) is 9.15 Å². The van der Waals surface area contributed by atoms with Crippen molar-refractivity contribution in [1.82, 2.24) is 9.36 Å². The molecule has 2 heterocycles. The Bertz CT molecular complexity index is 635. The second-order valence-electron chi connectivity index (χ2n) is 4.25. The first-order valence-electron chi connectivity index (χ1n) is 6.38. The van der Waals surface area contributed by atoms with Crippen molar-refractivity contribution in [1.29, 1.82) is 0 Å². The molecule has 0 aliphatic carbocycles. The van der Waals surface area contributed by atoms with Crippen molar-refractivity contribution in [2.45, 2.75) is 26.9 Å². The molecule has 2 aromatic heterocycles. The Balaban J connectivity index is 1.95. The van der Waals surface area contributed by atoms with E-state index in [2.05, 4.69) is 14.7 Å². The Morgan fingerprint density at radius 1 is 1.43 bits per heavy atom. The summed E-state index contributed by atoms with van der Waals surface area (Å²) in [5.41, 5.74) is 0. The predicted molar refractivity (Wildman–Crippen MR) is 76.3 cm³/mol. The lowest BCUT2D eigenvalue weighted by molar-refractivity contribution is -0.116. The Morgan fingerprint density at radius 2 is 2.24 bits per heavy atom. The van der Waals surface area contributed by atoms with Crippen molar-refractivity contribution in [3.8, 4) is 0 Å². The molecule has 0 aliphatic heterocycles. The number of amides is 1. The fourth-order valence-corrected chi connectivity index (χ4v) is 2.12. The van der Waals surface area contributed by atoms with Crippen LogP contribution in [0.3, 0.4) is 0 Å². The van der Waals surface area contributed by atoms with E-state index in [1.165, 1.54) is 6.92 Å². The SMILES string of the molecule is CCOCc1ccc(C(=O)Nc2nc(CC(C)=O)ns2)o1. The lowest BCUT2D eigenvalue weighted by atomic mass is 10.3. The maximum absolute atomic E-state index is 12.0. The quantitative estimate of drug-likeness (QED) is 0.841. The van der Waals surface area contributed by atoms with Crippen molar-refractivity contribution >= 4 is 28.4 Å². The standard InChI is InChI=1S/C13H15N3O4S/c1-3-19-7-9-4-5-10(20-9)12(18)15-13-14-11(16-21-13)6-8(2)17/h4-5H,3,6-7H2,1-2H3,(H,14,15,16,18). The highest BCUT2D eigenvalue weighted by Crippen LogP contribution is 2.15. The van der Waals surface area contributed by atoms with Gasteiger partial charge in [0.2, 0.25) is 5.13 Å². The van der Waals surface area contributed by atoms with Crippen LogP contribution in [0, 0.1) is 0 Å². The number of anilines is 1. The molecule has 2 aromatic rings. The summed E-state index contributed by atoms with van der Waals surface area (Å²) in [5, 5.41) is 2.91. The summed E-state index contributed by atoms with van der Waals surface area (Å²) in [6, 6.07) is 3.26. The molecule has 1 amide bonds. The van der Waals surface area contributed by atoms with Crippen molar-refractivity contribution in [2.75, 3.05) is 11.9 Å². The minimum Gasteiger partial charge on any atom is -0.453 e. The van der Waals surface area contributed by atoms with Gasteiger partial charge in [0.05, 0.1) is 6.42 Å². The maximum atomic E-state index is 12.0. The molecule has 0 aliphatic rings. The molecular formula is C13H15N3O4S. The van der Waals surface area contributed by atoms with Crippen molar-refractivity contribution in [2.24, 2.45) is 0 Å². The fraction of sp³-hybridized carbons (Fsp3) is 0.385. The van der Waals surface area contributed by atoms with Crippen LogP contribution in [0.15, 0.2) is 16.5 Å². The van der Waals surface area contributed by atoms with Crippen LogP contribution in [-0.2, 0) is 22.6 Å². The van der Waals surface area contributed by atoms with Crippen LogP contribution < -0.4 is 5.32 Å². The van der Waals surface area contributed by atoms with Gasteiger partial charge in [-0.15, -0.1) is 0 Å². The highest BCUT2D eigenvalue weighted by atomic mass is 32.1. The van der Waals surface area contributed by atoms with Gasteiger partial charge in [0.1, 0.15) is 18.2 Å². The summed E-state index contributed by atoms with van der Waals surface area (Å²) < 4.78 is 14.5. The third kappa shape index (κ3) is 4.47. The summed E-state index contributed by atoms with van der Waals surface area (Å²) in [6.45, 7) is 4.24. The van der Waals surface area contributed by atoms with Crippen molar-refractivity contribution < 1.29 is 18.7 Å². The average molecular weight is 309 g/mol. The van der Waals surface area contributed by atoms with E-state index in [-0.39, 0.29) is 18.0 Å². The summed E-state index contributed by atoms with van der Waals surface area (Å²) >= 11 is 1.02. The minimum atomic E-state index is -0.414. The molecule has 112 valence electrons. The smallest absolute Gasteiger partial charge is 0.293 e. The number of nitrogens with zero attached hydrogens (tertiary/aromatic N) is 2. The second kappa shape index (κ2) is 7.09. The Morgan fingerprint density at radius 3 is 2.95 bits per heavy atom. The normalized spacial score (nSPS) is 10.6. The zero-order valence-corrected chi connectivity index (χ0v) is 12.5. The van der Waals surface area contributed by atoms with Gasteiger partial charge in [-0.2, -0.15) is 4.37 Å². The molecular weight excluding hydrogens is 294 g/mol. The Kier molecular flexibility index (Phi) is 5.18. The molecule has 0 fully saturated rings. The Hall–Kier alpha value is -2.06. The van der Waals surface area contributed by atoms with E-state index in [9.17, 15) is 9.59 Å². The van der Waals surface area contributed by atoms with Gasteiger partial charge in [-0.25, -0.2) is 4.98 Å². The van der Waals surface area contributed by atoms with Gasteiger partial charge in [-0.1, -0.05) is 0 Å². The number of hydrogen-bond donors (Lipinski definition) is 1. The number of furan rings is 1. The van der Waals surface area contributed by atoms with Crippen molar-refractivity contribution in [3.05, 3.63) is 29.5 Å². The zero-order chi connectivity index (χ0) is 15.2. The molecule has 7 nitrogen and oxygen atoms in total. The molecule has 1 N–H and O–H groups in total. The number of ketones is 1. The first kappa shape index (κ1) is 15.3. The summed E-state index contributed by atoms with van der Waals surface area (Å²) in [5.74, 6) is 0.712. The number of carbonyl (C=O) groups is 2. The molecule has 0 spiro atoms. The van der Waals surface area contributed by atoms with Crippen LogP contribution >= 0.6 is 11.5 Å². The largest absolute Gasteiger partial charge is 0.453 e. The third-order valence-electron chi connectivity index (χ3n) is 2.43. The van der Waals surface area contributed by atoms with Crippen LogP contribution in [0.2, 0.25) is 0 Å². The lowest BCUT2D eigenvalue weighted by Gasteiger charge is -1.98. The number of Topliss-reactive ketones (excluding diaryl/α,β-unsaturated/α-hetero) is 1. The molecule has 0 saturated heterocycles. The van der Waals surface area contributed by atoms with E-state index in [0.717, 1.165) is 11.5 Å². The molecule has 21 heavy (non-hydrogen) atoms. The van der Waals surface area contributed by atoms with Gasteiger partial charge in [-0.3, -0.25) is 14.9 Å². The number of hydrogen-bond acceptors (Lipinski definition) is 7. The molecule has 2 rings (SSSR count). The number of carbonyl (C=O) groups excluding carboxylic acids is 2. The van der Waals surface area contributed by atoms with Crippen LogP contribution in [0.1, 0.15) is 36.0 Å². The molecule has 0 radical (unpaired) electrons. The molecule has 0 aromatic carbocycles. The first-order chi connectivity index (χ1) is 10.1. The number of rotatable bonds is 7. The van der Waals surface area contributed by atoms with Gasteiger partial charge < -0.3 is 9.15 Å². The van der Waals surface area contributed by atoms with E-state index in [0.29, 0.717) is 29.9 Å². The van der Waals surface area contributed by atoms with Crippen LogP contribution in [0.25, 0.3) is 0 Å². The fourth-order valence-electron chi connectivity index (χ4n) is 1.54. The van der Waals surface area contributed by atoms with E-state index >= 15 is 0 Å². The molecule has 0 atom stereocenters. The summed E-state index contributed by atoms with van der Waals surface area (Å²) in [7, 11) is 0. The molecule has 0 bridgehead atoms. The number of ether oxygens (including phenoxy) is 1. The van der Waals surface area contributed by atoms with Crippen molar-refractivity contribution in [3.63, 3.8) is 0 Å². The topological polar surface area (TPSA) is 94.3 Å². The maximum Gasteiger partial charge on any atom is 0.293 e. The van der Waals surface area contributed by atoms with Crippen LogP contribution in [0.5, 0.6) is 0 Å². The molecule has 8 heteroatoms. The second-order valence-corrected chi connectivity index (χ2v) is 5.00. The number of aromatic nitrogens is 2. The minimum absolute atomic E-state index is 0.0303. The zero-order valence-electron chi connectivity index (χ0n) is 11.7. The highest BCUT2D eigenvalue weighted by Gasteiger charge is 2.14. The average Bonchev–Trinajstić information content (AvgIpc) is 3.05. The summed E-state index contributed by atoms with van der Waals surface area (Å²) in [6.07, 6.45) is 0.158. The van der Waals surface area contributed by atoms with Gasteiger partial charge >= 0.3 is 0 Å². The molecule has 0 saturated carbocycles.